The fraction of sp³-hybridized carbons (Fsp3) is 0.286. The maximum atomic E-state index is 5.96. The van der Waals surface area contributed by atoms with E-state index in [-0.39, 0.29) is 0 Å². The van der Waals surface area contributed by atoms with Gasteiger partial charge in [-0.25, -0.2) is 9.97 Å². The maximum absolute atomic E-state index is 5.96. The van der Waals surface area contributed by atoms with E-state index in [1.165, 1.54) is 0 Å². The van der Waals surface area contributed by atoms with E-state index in [0.29, 0.717) is 30.0 Å². The van der Waals surface area contributed by atoms with Crippen LogP contribution in [0.25, 0.3) is 0 Å². The molecule has 5 nitrogen and oxygen atoms in total. The number of ether oxygens (including phenoxy) is 2. The highest BCUT2D eigenvalue weighted by molar-refractivity contribution is 6.29. The molecule has 1 N–H and O–H groups in total. The average molecular weight is 294 g/mol. The average Bonchev–Trinajstić information content (AvgIpc) is 2.39. The van der Waals surface area contributed by atoms with Gasteiger partial charge in [0.2, 0.25) is 0 Å². The van der Waals surface area contributed by atoms with Crippen LogP contribution >= 0.6 is 11.6 Å². The second kappa shape index (κ2) is 7.07. The van der Waals surface area contributed by atoms with E-state index in [1.807, 2.05) is 31.2 Å². The lowest BCUT2D eigenvalue weighted by Gasteiger charge is -2.09. The van der Waals surface area contributed by atoms with Gasteiger partial charge in [-0.1, -0.05) is 17.7 Å². The molecule has 2 rings (SSSR count). The number of methoxy groups -OCH3 is 1. The van der Waals surface area contributed by atoms with Crippen LogP contribution in [0.4, 0.5) is 11.5 Å². The molecule has 0 unspecified atom stereocenters. The van der Waals surface area contributed by atoms with Gasteiger partial charge < -0.3 is 14.8 Å². The molecule has 0 spiro atoms. The number of hydrogen-bond donors (Lipinski definition) is 1. The standard InChI is InChI=1S/C14H16ClN3O2/c1-3-20-11-6-4-5-10(7-11)16-13-8-12(15)17-14(18-13)9-19-2/h4-8H,3,9H2,1-2H3,(H,16,17,18). The summed E-state index contributed by atoms with van der Waals surface area (Å²) in [6, 6.07) is 9.29. The van der Waals surface area contributed by atoms with Gasteiger partial charge >= 0.3 is 0 Å². The van der Waals surface area contributed by atoms with Crippen molar-refractivity contribution in [2.75, 3.05) is 19.0 Å². The summed E-state index contributed by atoms with van der Waals surface area (Å²) >= 11 is 5.96. The van der Waals surface area contributed by atoms with Crippen LogP contribution in [-0.2, 0) is 11.3 Å². The molecular formula is C14H16ClN3O2. The summed E-state index contributed by atoms with van der Waals surface area (Å²) in [5.41, 5.74) is 0.870. The van der Waals surface area contributed by atoms with E-state index < -0.39 is 0 Å². The number of rotatable bonds is 6. The molecule has 1 heterocycles. The Kier molecular flexibility index (Phi) is 5.15. The van der Waals surface area contributed by atoms with Gasteiger partial charge in [-0.05, 0) is 19.1 Å². The highest BCUT2D eigenvalue weighted by atomic mass is 35.5. The molecule has 0 fully saturated rings. The van der Waals surface area contributed by atoms with Gasteiger partial charge in [0.15, 0.2) is 5.82 Å². The van der Waals surface area contributed by atoms with Crippen molar-refractivity contribution in [1.82, 2.24) is 9.97 Å². The highest BCUT2D eigenvalue weighted by Gasteiger charge is 2.04. The molecule has 0 bridgehead atoms. The first-order chi connectivity index (χ1) is 9.71. The van der Waals surface area contributed by atoms with Crippen molar-refractivity contribution in [2.45, 2.75) is 13.5 Å². The normalized spacial score (nSPS) is 10.3. The van der Waals surface area contributed by atoms with Crippen molar-refractivity contribution < 1.29 is 9.47 Å². The summed E-state index contributed by atoms with van der Waals surface area (Å²) < 4.78 is 10.5. The van der Waals surface area contributed by atoms with E-state index in [1.54, 1.807) is 13.2 Å². The van der Waals surface area contributed by atoms with Crippen LogP contribution in [0.1, 0.15) is 12.7 Å². The molecule has 0 radical (unpaired) electrons. The lowest BCUT2D eigenvalue weighted by Crippen LogP contribution is -2.02. The van der Waals surface area contributed by atoms with E-state index in [2.05, 4.69) is 15.3 Å². The van der Waals surface area contributed by atoms with Crippen molar-refractivity contribution >= 4 is 23.1 Å². The monoisotopic (exact) mass is 293 g/mol. The Morgan fingerprint density at radius 3 is 2.85 bits per heavy atom. The van der Waals surface area contributed by atoms with Crippen molar-refractivity contribution in [1.29, 1.82) is 0 Å². The minimum Gasteiger partial charge on any atom is -0.494 e. The van der Waals surface area contributed by atoms with Crippen LogP contribution in [0.3, 0.4) is 0 Å². The molecule has 0 atom stereocenters. The van der Waals surface area contributed by atoms with Crippen molar-refractivity contribution in [3.63, 3.8) is 0 Å². The molecule has 1 aromatic heterocycles. The molecule has 0 saturated heterocycles. The maximum Gasteiger partial charge on any atom is 0.158 e. The third kappa shape index (κ3) is 4.08. The van der Waals surface area contributed by atoms with E-state index in [9.17, 15) is 0 Å². The number of nitrogens with zero attached hydrogens (tertiary/aromatic N) is 2. The summed E-state index contributed by atoms with van der Waals surface area (Å²) in [4.78, 5) is 8.40. The minimum absolute atomic E-state index is 0.314. The second-order valence-corrected chi connectivity index (χ2v) is 4.40. The number of benzene rings is 1. The number of hydrogen-bond acceptors (Lipinski definition) is 5. The third-order valence-corrected chi connectivity index (χ3v) is 2.63. The Labute approximate surface area is 122 Å². The third-order valence-electron chi connectivity index (χ3n) is 2.43. The quantitative estimate of drug-likeness (QED) is 0.827. The molecule has 1 aromatic carbocycles. The Bertz CT molecular complexity index is 578. The molecule has 0 aliphatic heterocycles. The van der Waals surface area contributed by atoms with Gasteiger partial charge in [-0.3, -0.25) is 0 Å². The van der Waals surface area contributed by atoms with Crippen LogP contribution in [0.15, 0.2) is 30.3 Å². The van der Waals surface area contributed by atoms with E-state index >= 15 is 0 Å². The Morgan fingerprint density at radius 2 is 2.10 bits per heavy atom. The summed E-state index contributed by atoms with van der Waals surface area (Å²) in [5, 5.41) is 3.54. The van der Waals surface area contributed by atoms with E-state index in [4.69, 9.17) is 21.1 Å². The van der Waals surface area contributed by atoms with Crippen LogP contribution in [0.5, 0.6) is 5.75 Å². The lowest BCUT2D eigenvalue weighted by molar-refractivity contribution is 0.178. The summed E-state index contributed by atoms with van der Waals surface area (Å²) in [6.07, 6.45) is 0. The topological polar surface area (TPSA) is 56.3 Å². The fourth-order valence-electron chi connectivity index (χ4n) is 1.70. The van der Waals surface area contributed by atoms with Crippen LogP contribution in [-0.4, -0.2) is 23.7 Å². The largest absolute Gasteiger partial charge is 0.494 e. The molecular weight excluding hydrogens is 278 g/mol. The van der Waals surface area contributed by atoms with Crippen LogP contribution in [0.2, 0.25) is 5.15 Å². The molecule has 20 heavy (non-hydrogen) atoms. The minimum atomic E-state index is 0.314. The highest BCUT2D eigenvalue weighted by Crippen LogP contribution is 2.22. The number of halogens is 1. The number of aromatic nitrogens is 2. The molecule has 2 aromatic rings. The SMILES string of the molecule is CCOc1cccc(Nc2cc(Cl)nc(COC)n2)c1. The van der Waals surface area contributed by atoms with Crippen LogP contribution in [0, 0.1) is 0 Å². The molecule has 0 amide bonds. The Balaban J connectivity index is 2.18. The predicted molar refractivity (Wildman–Crippen MR) is 78.6 cm³/mol. The molecule has 106 valence electrons. The van der Waals surface area contributed by atoms with Gasteiger partial charge in [0, 0.05) is 24.9 Å². The molecule has 0 aliphatic rings. The molecule has 0 aliphatic carbocycles. The Hall–Kier alpha value is -1.85. The summed E-state index contributed by atoms with van der Waals surface area (Å²) in [6.45, 7) is 2.89. The van der Waals surface area contributed by atoms with Crippen LogP contribution < -0.4 is 10.1 Å². The number of anilines is 2. The predicted octanol–water partition coefficient (Wildman–Crippen LogP) is 3.42. The first kappa shape index (κ1) is 14.6. The van der Waals surface area contributed by atoms with Crippen molar-refractivity contribution in [2.24, 2.45) is 0 Å². The van der Waals surface area contributed by atoms with E-state index in [0.717, 1.165) is 11.4 Å². The zero-order valence-electron chi connectivity index (χ0n) is 11.4. The number of nitrogens with one attached hydrogen (secondary N) is 1. The van der Waals surface area contributed by atoms with Crippen molar-refractivity contribution in [3.8, 4) is 5.75 Å². The van der Waals surface area contributed by atoms with Gasteiger partial charge in [0.25, 0.3) is 0 Å². The molecule has 0 saturated carbocycles. The summed E-state index contributed by atoms with van der Waals surface area (Å²) in [7, 11) is 1.59. The zero-order chi connectivity index (χ0) is 14.4. The van der Waals surface area contributed by atoms with Gasteiger partial charge in [0.05, 0.1) is 6.61 Å². The lowest BCUT2D eigenvalue weighted by atomic mass is 10.3. The first-order valence-electron chi connectivity index (χ1n) is 6.23. The Morgan fingerprint density at radius 1 is 1.25 bits per heavy atom. The summed E-state index contributed by atoms with van der Waals surface area (Å²) in [5.74, 6) is 1.95. The van der Waals surface area contributed by atoms with Gasteiger partial charge in [0.1, 0.15) is 23.3 Å². The second-order valence-electron chi connectivity index (χ2n) is 4.01. The smallest absolute Gasteiger partial charge is 0.158 e. The fourth-order valence-corrected chi connectivity index (χ4v) is 1.90. The molecule has 6 heteroatoms. The van der Waals surface area contributed by atoms with Gasteiger partial charge in [-0.15, -0.1) is 0 Å². The first-order valence-corrected chi connectivity index (χ1v) is 6.61. The van der Waals surface area contributed by atoms with Gasteiger partial charge in [-0.2, -0.15) is 0 Å². The zero-order valence-corrected chi connectivity index (χ0v) is 12.1. The van der Waals surface area contributed by atoms with Crippen molar-refractivity contribution in [3.05, 3.63) is 41.3 Å².